The molecule has 2 N–H and O–H groups in total. The molecule has 0 aliphatic heterocycles. The molecule has 1 rings (SSSR count). The Bertz CT molecular complexity index is 555. The highest BCUT2D eigenvalue weighted by Crippen LogP contribution is 2.30. The minimum atomic E-state index is -4.99. The van der Waals surface area contributed by atoms with Crippen LogP contribution in [-0.4, -0.2) is 35.6 Å². The normalized spacial score (nSPS) is 12.6. The molecule has 1 unspecified atom stereocenters. The first-order chi connectivity index (χ1) is 10.1. The van der Waals surface area contributed by atoms with Crippen molar-refractivity contribution in [2.45, 2.75) is 25.3 Å². The Kier molecular flexibility index (Phi) is 5.75. The smallest absolute Gasteiger partial charge is 0.479 e. The monoisotopic (exact) mass is 322 g/mol. The number of rotatable bonds is 6. The van der Waals surface area contributed by atoms with Gasteiger partial charge in [0.2, 0.25) is 0 Å². The van der Waals surface area contributed by atoms with Crippen molar-refractivity contribution in [2.24, 2.45) is 0 Å². The average Bonchev–Trinajstić information content (AvgIpc) is 2.42. The number of carbonyl (C=O) groups is 2. The van der Waals surface area contributed by atoms with E-state index in [0.717, 1.165) is 25.3 Å². The molecule has 1 atom stereocenters. The molecular weight excluding hydrogens is 309 g/mol. The summed E-state index contributed by atoms with van der Waals surface area (Å²) in [4.78, 5) is 21.7. The molecule has 1 aromatic rings. The first-order valence-corrected chi connectivity index (χ1v) is 6.00. The van der Waals surface area contributed by atoms with Crippen LogP contribution >= 0.6 is 0 Å². The van der Waals surface area contributed by atoms with Gasteiger partial charge in [-0.05, 0) is 23.6 Å². The lowest BCUT2D eigenvalue weighted by atomic mass is 10.0. The number of carbonyl (C=O) groups excluding carboxylic acids is 1. The predicted molar refractivity (Wildman–Crippen MR) is 66.1 cm³/mol. The largest absolute Gasteiger partial charge is 0.573 e. The third kappa shape index (κ3) is 5.24. The fraction of sp³-hybridized carbons (Fsp3) is 0.385. The molecule has 22 heavy (non-hydrogen) atoms. The second-order valence-corrected chi connectivity index (χ2v) is 4.23. The van der Waals surface area contributed by atoms with Gasteiger partial charge in [0.05, 0.1) is 7.11 Å². The van der Waals surface area contributed by atoms with Crippen molar-refractivity contribution in [3.05, 3.63) is 29.3 Å². The van der Waals surface area contributed by atoms with Crippen molar-refractivity contribution in [3.8, 4) is 5.75 Å². The second-order valence-electron chi connectivity index (χ2n) is 4.23. The standard InChI is InChI=1S/C13H13F3O6/c1-21-10(17)5-4-7-2-3-8(11(18)12(19)20)6-9(7)22-13(14,15)16/h2-3,6,11,18H,4-5H2,1H3,(H,19,20). The Hall–Kier alpha value is -2.29. The lowest BCUT2D eigenvalue weighted by Crippen LogP contribution is -2.19. The highest BCUT2D eigenvalue weighted by atomic mass is 19.4. The molecule has 0 heterocycles. The molecule has 0 spiro atoms. The maximum Gasteiger partial charge on any atom is 0.573 e. The van der Waals surface area contributed by atoms with Gasteiger partial charge in [0.25, 0.3) is 0 Å². The van der Waals surface area contributed by atoms with Crippen LogP contribution in [0.15, 0.2) is 18.2 Å². The highest BCUT2D eigenvalue weighted by molar-refractivity contribution is 5.74. The number of esters is 1. The molecule has 9 heteroatoms. The first kappa shape index (κ1) is 17.8. The second kappa shape index (κ2) is 7.12. The predicted octanol–water partition coefficient (Wildman–Crippen LogP) is 1.81. The van der Waals surface area contributed by atoms with E-state index in [0.29, 0.717) is 0 Å². The zero-order chi connectivity index (χ0) is 16.9. The lowest BCUT2D eigenvalue weighted by Gasteiger charge is -2.15. The van der Waals surface area contributed by atoms with Crippen molar-refractivity contribution in [1.29, 1.82) is 0 Å². The Labute approximate surface area is 123 Å². The molecule has 0 aromatic heterocycles. The van der Waals surface area contributed by atoms with E-state index in [4.69, 9.17) is 5.11 Å². The molecular formula is C13H13F3O6. The minimum Gasteiger partial charge on any atom is -0.479 e. The van der Waals surface area contributed by atoms with Gasteiger partial charge in [-0.3, -0.25) is 4.79 Å². The minimum absolute atomic E-state index is 0.0315. The van der Waals surface area contributed by atoms with Gasteiger partial charge in [0.15, 0.2) is 6.10 Å². The number of hydrogen-bond donors (Lipinski definition) is 2. The molecule has 0 radical (unpaired) electrons. The highest BCUT2D eigenvalue weighted by Gasteiger charge is 2.32. The van der Waals surface area contributed by atoms with E-state index >= 15 is 0 Å². The maximum absolute atomic E-state index is 12.4. The number of methoxy groups -OCH3 is 1. The zero-order valence-corrected chi connectivity index (χ0v) is 11.4. The number of aliphatic hydroxyl groups excluding tert-OH is 1. The van der Waals surface area contributed by atoms with Crippen LogP contribution in [0, 0.1) is 0 Å². The number of aryl methyl sites for hydroxylation is 1. The molecule has 0 aliphatic carbocycles. The van der Waals surface area contributed by atoms with E-state index in [1.54, 1.807) is 0 Å². The number of benzene rings is 1. The Morgan fingerprint density at radius 2 is 1.95 bits per heavy atom. The van der Waals surface area contributed by atoms with E-state index in [9.17, 15) is 27.9 Å². The van der Waals surface area contributed by atoms with Gasteiger partial charge < -0.3 is 19.7 Å². The van der Waals surface area contributed by atoms with Crippen LogP contribution in [-0.2, 0) is 20.7 Å². The Morgan fingerprint density at radius 3 is 2.45 bits per heavy atom. The summed E-state index contributed by atoms with van der Waals surface area (Å²) in [5, 5.41) is 18.0. The van der Waals surface area contributed by atoms with Gasteiger partial charge in [-0.15, -0.1) is 13.2 Å². The summed E-state index contributed by atoms with van der Waals surface area (Å²) in [5.41, 5.74) is -0.238. The number of carboxylic acid groups (broad SMARTS) is 1. The fourth-order valence-electron chi connectivity index (χ4n) is 1.65. The molecule has 0 saturated carbocycles. The van der Waals surface area contributed by atoms with E-state index in [1.165, 1.54) is 0 Å². The van der Waals surface area contributed by atoms with Crippen molar-refractivity contribution < 1.29 is 42.4 Å². The van der Waals surface area contributed by atoms with Crippen molar-refractivity contribution in [1.82, 2.24) is 0 Å². The van der Waals surface area contributed by atoms with Gasteiger partial charge in [-0.2, -0.15) is 0 Å². The molecule has 0 amide bonds. The van der Waals surface area contributed by atoms with Crippen LogP contribution in [0.25, 0.3) is 0 Å². The van der Waals surface area contributed by atoms with E-state index < -0.39 is 30.2 Å². The summed E-state index contributed by atoms with van der Waals surface area (Å²) >= 11 is 0. The van der Waals surface area contributed by atoms with Gasteiger partial charge in [0, 0.05) is 6.42 Å². The maximum atomic E-state index is 12.4. The lowest BCUT2D eigenvalue weighted by molar-refractivity contribution is -0.274. The van der Waals surface area contributed by atoms with Crippen LogP contribution in [0.1, 0.15) is 23.7 Å². The van der Waals surface area contributed by atoms with Gasteiger partial charge in [-0.25, -0.2) is 4.79 Å². The summed E-state index contributed by atoms with van der Waals surface area (Å²) in [5.74, 6) is -2.90. The number of alkyl halides is 3. The van der Waals surface area contributed by atoms with Gasteiger partial charge in [0.1, 0.15) is 5.75 Å². The Morgan fingerprint density at radius 1 is 1.32 bits per heavy atom. The summed E-state index contributed by atoms with van der Waals surface area (Å²) < 4.78 is 45.4. The summed E-state index contributed by atoms with van der Waals surface area (Å²) in [6, 6.07) is 3.08. The number of ether oxygens (including phenoxy) is 2. The SMILES string of the molecule is COC(=O)CCc1ccc(C(O)C(=O)O)cc1OC(F)(F)F. The molecule has 0 fully saturated rings. The third-order valence-corrected chi connectivity index (χ3v) is 2.69. The van der Waals surface area contributed by atoms with Crippen LogP contribution < -0.4 is 4.74 Å². The molecule has 0 saturated heterocycles. The van der Waals surface area contributed by atoms with Crippen molar-refractivity contribution in [2.75, 3.05) is 7.11 Å². The molecule has 1 aromatic carbocycles. The summed E-state index contributed by atoms with van der Waals surface area (Å²) in [6.45, 7) is 0. The van der Waals surface area contributed by atoms with Crippen LogP contribution in [0.4, 0.5) is 13.2 Å². The van der Waals surface area contributed by atoms with Crippen LogP contribution in [0.3, 0.4) is 0 Å². The van der Waals surface area contributed by atoms with Crippen molar-refractivity contribution in [3.63, 3.8) is 0 Å². The zero-order valence-electron chi connectivity index (χ0n) is 11.4. The number of aliphatic hydroxyl groups is 1. The molecule has 6 nitrogen and oxygen atoms in total. The van der Waals surface area contributed by atoms with E-state index in [1.807, 2.05) is 0 Å². The molecule has 0 bridgehead atoms. The summed E-state index contributed by atoms with van der Waals surface area (Å²) in [6.07, 6.45) is -7.25. The van der Waals surface area contributed by atoms with Gasteiger partial charge in [-0.1, -0.05) is 12.1 Å². The third-order valence-electron chi connectivity index (χ3n) is 2.69. The Balaban J connectivity index is 3.09. The van der Waals surface area contributed by atoms with Crippen LogP contribution in [0.2, 0.25) is 0 Å². The number of aliphatic carboxylic acids is 1. The van der Waals surface area contributed by atoms with E-state index in [2.05, 4.69) is 9.47 Å². The number of carboxylic acids is 1. The first-order valence-electron chi connectivity index (χ1n) is 6.00. The number of hydrogen-bond acceptors (Lipinski definition) is 5. The topological polar surface area (TPSA) is 93.1 Å². The van der Waals surface area contributed by atoms with Crippen molar-refractivity contribution >= 4 is 11.9 Å². The van der Waals surface area contributed by atoms with Gasteiger partial charge >= 0.3 is 18.3 Å². The van der Waals surface area contributed by atoms with E-state index in [-0.39, 0.29) is 24.0 Å². The molecule has 122 valence electrons. The fourth-order valence-corrected chi connectivity index (χ4v) is 1.65. The number of halogens is 3. The quantitative estimate of drug-likeness (QED) is 0.776. The summed E-state index contributed by atoms with van der Waals surface area (Å²) in [7, 11) is 1.14. The average molecular weight is 322 g/mol. The molecule has 0 aliphatic rings. The van der Waals surface area contributed by atoms with Crippen LogP contribution in [0.5, 0.6) is 5.75 Å².